The first-order valence-corrected chi connectivity index (χ1v) is 6.13. The lowest BCUT2D eigenvalue weighted by atomic mass is 10.0. The summed E-state index contributed by atoms with van der Waals surface area (Å²) in [6.45, 7) is 0. The summed E-state index contributed by atoms with van der Waals surface area (Å²) in [6.07, 6.45) is -0.558. The van der Waals surface area contributed by atoms with E-state index < -0.39 is 6.10 Å². The molecule has 0 saturated carbocycles. The van der Waals surface area contributed by atoms with Gasteiger partial charge < -0.3 is 4.74 Å². The van der Waals surface area contributed by atoms with Gasteiger partial charge in [-0.05, 0) is 17.7 Å². The van der Waals surface area contributed by atoms with Crippen LogP contribution in [0.25, 0.3) is 0 Å². The van der Waals surface area contributed by atoms with Crippen molar-refractivity contribution in [2.45, 2.75) is 12.1 Å². The number of nitrogens with zero attached hydrogens (tertiary/aromatic N) is 2. The maximum atomic E-state index is 9.21. The predicted octanol–water partition coefficient (Wildman–Crippen LogP) is 3.10. The van der Waals surface area contributed by atoms with Crippen LogP contribution in [0.1, 0.15) is 17.2 Å². The molecule has 1 aliphatic rings. The van der Waals surface area contributed by atoms with Crippen molar-refractivity contribution in [3.8, 4) is 6.07 Å². The Kier molecular flexibility index (Phi) is 2.99. The molecule has 0 radical (unpaired) electrons. The van der Waals surface area contributed by atoms with Crippen molar-refractivity contribution >= 4 is 5.90 Å². The highest BCUT2D eigenvalue weighted by molar-refractivity contribution is 5.95. The van der Waals surface area contributed by atoms with Gasteiger partial charge in [-0.25, -0.2) is 4.99 Å². The zero-order valence-electron chi connectivity index (χ0n) is 10.2. The first kappa shape index (κ1) is 11.5. The van der Waals surface area contributed by atoms with Crippen LogP contribution in [0.4, 0.5) is 0 Å². The number of aliphatic imine (C=N–C) groups is 1. The third-order valence-corrected chi connectivity index (χ3v) is 3.07. The number of rotatable bonds is 2. The van der Waals surface area contributed by atoms with Crippen molar-refractivity contribution in [2.75, 3.05) is 0 Å². The van der Waals surface area contributed by atoms with E-state index in [2.05, 4.69) is 11.1 Å². The van der Waals surface area contributed by atoms with Gasteiger partial charge in [0.05, 0.1) is 0 Å². The lowest BCUT2D eigenvalue weighted by molar-refractivity contribution is 0.250. The molecule has 1 heterocycles. The minimum atomic E-state index is -0.558. The summed E-state index contributed by atoms with van der Waals surface area (Å²) in [6, 6.07) is 21.4. The molecule has 0 saturated heterocycles. The smallest absolute Gasteiger partial charge is 0.218 e. The topological polar surface area (TPSA) is 45.4 Å². The molecule has 0 spiro atoms. The number of benzene rings is 2. The molecule has 2 aromatic carbocycles. The van der Waals surface area contributed by atoms with E-state index in [1.54, 1.807) is 0 Å². The van der Waals surface area contributed by atoms with Gasteiger partial charge in [0.15, 0.2) is 0 Å². The summed E-state index contributed by atoms with van der Waals surface area (Å²) in [4.78, 5) is 4.55. The molecule has 0 aromatic heterocycles. The van der Waals surface area contributed by atoms with E-state index in [1.807, 2.05) is 60.7 Å². The quantitative estimate of drug-likeness (QED) is 0.819. The molecule has 3 heteroatoms. The second-order valence-corrected chi connectivity index (χ2v) is 4.32. The molecular weight excluding hydrogens is 236 g/mol. The van der Waals surface area contributed by atoms with Crippen LogP contribution in [0.5, 0.6) is 0 Å². The van der Waals surface area contributed by atoms with E-state index in [0.717, 1.165) is 11.1 Å². The van der Waals surface area contributed by atoms with Gasteiger partial charge in [0.1, 0.15) is 12.1 Å². The first-order chi connectivity index (χ1) is 9.38. The summed E-state index contributed by atoms with van der Waals surface area (Å²) in [5.41, 5.74) is 1.90. The molecule has 92 valence electrons. The summed E-state index contributed by atoms with van der Waals surface area (Å²) < 4.78 is 5.65. The Morgan fingerprint density at radius 3 is 2.21 bits per heavy atom. The molecule has 2 aromatic rings. The molecule has 3 rings (SSSR count). The molecule has 0 N–H and O–H groups in total. The SMILES string of the molecule is N#CC1OC(c2ccccc2)=N[C@@H]1c1ccccc1. The third-order valence-electron chi connectivity index (χ3n) is 3.07. The third kappa shape index (κ3) is 2.21. The van der Waals surface area contributed by atoms with E-state index in [-0.39, 0.29) is 6.04 Å². The van der Waals surface area contributed by atoms with Crippen LogP contribution in [0.3, 0.4) is 0 Å². The molecule has 0 amide bonds. The van der Waals surface area contributed by atoms with Gasteiger partial charge >= 0.3 is 0 Å². The van der Waals surface area contributed by atoms with Crippen molar-refractivity contribution in [2.24, 2.45) is 4.99 Å². The Hall–Kier alpha value is -2.60. The minimum absolute atomic E-state index is 0.249. The van der Waals surface area contributed by atoms with E-state index in [4.69, 9.17) is 4.74 Å². The van der Waals surface area contributed by atoms with Gasteiger partial charge in [-0.15, -0.1) is 0 Å². The highest BCUT2D eigenvalue weighted by atomic mass is 16.5. The highest BCUT2D eigenvalue weighted by Gasteiger charge is 2.32. The standard InChI is InChI=1S/C16H12N2O/c17-11-14-15(12-7-3-1-4-8-12)18-16(19-14)13-9-5-2-6-10-13/h1-10,14-15H/t14?,15-/m1/s1. The van der Waals surface area contributed by atoms with E-state index in [1.165, 1.54) is 0 Å². The maximum Gasteiger partial charge on any atom is 0.218 e. The Morgan fingerprint density at radius 2 is 1.58 bits per heavy atom. The molecule has 19 heavy (non-hydrogen) atoms. The zero-order chi connectivity index (χ0) is 13.1. The fraction of sp³-hybridized carbons (Fsp3) is 0.125. The van der Waals surface area contributed by atoms with Crippen molar-refractivity contribution in [3.63, 3.8) is 0 Å². The van der Waals surface area contributed by atoms with Crippen LogP contribution in [0.15, 0.2) is 65.7 Å². The summed E-state index contributed by atoms with van der Waals surface area (Å²) >= 11 is 0. The molecule has 1 aliphatic heterocycles. The predicted molar refractivity (Wildman–Crippen MR) is 72.6 cm³/mol. The van der Waals surface area contributed by atoms with Crippen LogP contribution in [-0.4, -0.2) is 12.0 Å². The Labute approximate surface area is 111 Å². The fourth-order valence-electron chi connectivity index (χ4n) is 2.13. The summed E-state index contributed by atoms with van der Waals surface area (Å²) in [5, 5.41) is 9.21. The number of hydrogen-bond donors (Lipinski definition) is 0. The average Bonchev–Trinajstić information content (AvgIpc) is 2.93. The Morgan fingerprint density at radius 1 is 0.947 bits per heavy atom. The van der Waals surface area contributed by atoms with Gasteiger partial charge in [0, 0.05) is 5.56 Å². The van der Waals surface area contributed by atoms with E-state index in [0.29, 0.717) is 5.90 Å². The summed E-state index contributed by atoms with van der Waals surface area (Å²) in [7, 11) is 0. The molecule has 1 unspecified atom stereocenters. The molecule has 0 bridgehead atoms. The van der Waals surface area contributed by atoms with Crippen molar-refractivity contribution < 1.29 is 4.74 Å². The Bertz CT molecular complexity index is 629. The lowest BCUT2D eigenvalue weighted by Crippen LogP contribution is -2.14. The second kappa shape index (κ2) is 4.95. The molecule has 3 nitrogen and oxygen atoms in total. The fourth-order valence-corrected chi connectivity index (χ4v) is 2.13. The highest BCUT2D eigenvalue weighted by Crippen LogP contribution is 2.30. The van der Waals surface area contributed by atoms with Crippen molar-refractivity contribution in [1.29, 1.82) is 5.26 Å². The number of nitriles is 1. The second-order valence-electron chi connectivity index (χ2n) is 4.32. The van der Waals surface area contributed by atoms with Gasteiger partial charge in [0.2, 0.25) is 12.0 Å². The van der Waals surface area contributed by atoms with E-state index in [9.17, 15) is 5.26 Å². The van der Waals surface area contributed by atoms with Gasteiger partial charge in [-0.3, -0.25) is 0 Å². The van der Waals surface area contributed by atoms with E-state index >= 15 is 0 Å². The minimum Gasteiger partial charge on any atom is -0.456 e. The van der Waals surface area contributed by atoms with Crippen LogP contribution in [-0.2, 0) is 4.74 Å². The zero-order valence-corrected chi connectivity index (χ0v) is 10.2. The van der Waals surface area contributed by atoms with Crippen LogP contribution >= 0.6 is 0 Å². The van der Waals surface area contributed by atoms with Crippen molar-refractivity contribution in [1.82, 2.24) is 0 Å². The van der Waals surface area contributed by atoms with Crippen molar-refractivity contribution in [3.05, 3.63) is 71.8 Å². The van der Waals surface area contributed by atoms with Gasteiger partial charge in [0.25, 0.3) is 0 Å². The molecular formula is C16H12N2O. The molecule has 0 aliphatic carbocycles. The first-order valence-electron chi connectivity index (χ1n) is 6.13. The maximum absolute atomic E-state index is 9.21. The normalized spacial score (nSPS) is 21.3. The van der Waals surface area contributed by atoms with Gasteiger partial charge in [-0.1, -0.05) is 48.5 Å². The molecule has 0 fully saturated rings. The summed E-state index contributed by atoms with van der Waals surface area (Å²) in [5.74, 6) is 0.543. The molecule has 2 atom stereocenters. The number of ether oxygens (including phenoxy) is 1. The van der Waals surface area contributed by atoms with Crippen LogP contribution in [0, 0.1) is 11.3 Å². The monoisotopic (exact) mass is 248 g/mol. The van der Waals surface area contributed by atoms with Crippen LogP contribution < -0.4 is 0 Å². The average molecular weight is 248 g/mol. The largest absolute Gasteiger partial charge is 0.456 e. The number of hydrogen-bond acceptors (Lipinski definition) is 3. The van der Waals surface area contributed by atoms with Gasteiger partial charge in [-0.2, -0.15) is 5.26 Å². The van der Waals surface area contributed by atoms with Crippen LogP contribution in [0.2, 0.25) is 0 Å². The Balaban J connectivity index is 1.96. The lowest BCUT2D eigenvalue weighted by Gasteiger charge is -2.10.